The summed E-state index contributed by atoms with van der Waals surface area (Å²) in [6.07, 6.45) is 6.20. The van der Waals surface area contributed by atoms with E-state index >= 15 is 0 Å². The molecular formula is C22H30N4O3S2. The van der Waals surface area contributed by atoms with E-state index in [2.05, 4.69) is 33.9 Å². The first-order chi connectivity index (χ1) is 15.0. The maximum absolute atomic E-state index is 12.8. The fourth-order valence-electron chi connectivity index (χ4n) is 4.03. The van der Waals surface area contributed by atoms with Gasteiger partial charge in [-0.1, -0.05) is 25.6 Å². The van der Waals surface area contributed by atoms with Gasteiger partial charge in [0.1, 0.15) is 10.8 Å². The maximum Gasteiger partial charge on any atom is 0.341 e. The number of ether oxygens (including phenoxy) is 1. The molecule has 0 aliphatic heterocycles. The summed E-state index contributed by atoms with van der Waals surface area (Å²) < 4.78 is 7.45. The van der Waals surface area contributed by atoms with Gasteiger partial charge in [-0.25, -0.2) is 4.79 Å². The molecule has 1 fully saturated rings. The van der Waals surface area contributed by atoms with E-state index in [1.807, 2.05) is 0 Å². The van der Waals surface area contributed by atoms with Crippen LogP contribution in [0.25, 0.3) is 0 Å². The Morgan fingerprint density at radius 1 is 1.26 bits per heavy atom. The van der Waals surface area contributed by atoms with Crippen LogP contribution in [0.2, 0.25) is 0 Å². The second-order valence-electron chi connectivity index (χ2n) is 8.38. The number of carbonyl (C=O) groups excluding carboxylic acids is 2. The van der Waals surface area contributed by atoms with Gasteiger partial charge in [0.15, 0.2) is 5.16 Å². The van der Waals surface area contributed by atoms with E-state index in [1.54, 1.807) is 6.92 Å². The molecule has 0 saturated heterocycles. The van der Waals surface area contributed by atoms with Gasteiger partial charge in [-0.2, -0.15) is 0 Å². The molecule has 0 spiro atoms. The van der Waals surface area contributed by atoms with Gasteiger partial charge in [0, 0.05) is 17.3 Å². The molecule has 0 unspecified atom stereocenters. The number of thioether (sulfide) groups is 1. The molecule has 4 rings (SSSR count). The van der Waals surface area contributed by atoms with Crippen molar-refractivity contribution in [3.63, 3.8) is 0 Å². The number of hydrogen-bond acceptors (Lipinski definition) is 7. The molecule has 1 amide bonds. The second-order valence-corrected chi connectivity index (χ2v) is 10.4. The lowest BCUT2D eigenvalue weighted by Gasteiger charge is -2.18. The Labute approximate surface area is 191 Å². The van der Waals surface area contributed by atoms with Crippen LogP contribution in [0.15, 0.2) is 5.16 Å². The number of thiophene rings is 1. The Morgan fingerprint density at radius 3 is 2.77 bits per heavy atom. The highest BCUT2D eigenvalue weighted by atomic mass is 32.2. The molecule has 0 aromatic carbocycles. The first-order valence-electron chi connectivity index (χ1n) is 11.2. The van der Waals surface area contributed by atoms with Crippen molar-refractivity contribution in [1.29, 1.82) is 0 Å². The van der Waals surface area contributed by atoms with E-state index in [0.717, 1.165) is 48.8 Å². The number of hydrogen-bond donors (Lipinski definition) is 1. The molecule has 2 aliphatic rings. The van der Waals surface area contributed by atoms with Gasteiger partial charge < -0.3 is 14.6 Å². The van der Waals surface area contributed by atoms with Crippen LogP contribution in [0.3, 0.4) is 0 Å². The smallest absolute Gasteiger partial charge is 0.341 e. The van der Waals surface area contributed by atoms with Gasteiger partial charge in [-0.05, 0) is 56.9 Å². The number of nitrogens with zero attached hydrogens (tertiary/aromatic N) is 3. The Balaban J connectivity index is 1.47. The molecule has 2 heterocycles. The Hall–Kier alpha value is -1.87. The zero-order chi connectivity index (χ0) is 22.0. The van der Waals surface area contributed by atoms with Crippen LogP contribution < -0.4 is 5.32 Å². The summed E-state index contributed by atoms with van der Waals surface area (Å²) in [5, 5.41) is 13.1. The van der Waals surface area contributed by atoms with Gasteiger partial charge >= 0.3 is 5.97 Å². The number of carbonyl (C=O) groups is 2. The van der Waals surface area contributed by atoms with Gasteiger partial charge in [0.2, 0.25) is 5.91 Å². The zero-order valence-corrected chi connectivity index (χ0v) is 20.0. The van der Waals surface area contributed by atoms with Crippen molar-refractivity contribution in [2.24, 2.45) is 5.92 Å². The number of aromatic nitrogens is 3. The summed E-state index contributed by atoms with van der Waals surface area (Å²) in [5.41, 5.74) is 1.61. The maximum atomic E-state index is 12.8. The summed E-state index contributed by atoms with van der Waals surface area (Å²) >= 11 is 2.93. The van der Waals surface area contributed by atoms with E-state index in [9.17, 15) is 9.59 Å². The summed E-state index contributed by atoms with van der Waals surface area (Å²) in [4.78, 5) is 26.6. The van der Waals surface area contributed by atoms with Gasteiger partial charge in [0.05, 0.1) is 17.9 Å². The largest absolute Gasteiger partial charge is 0.462 e. The average molecular weight is 463 g/mol. The first kappa shape index (κ1) is 22.3. The van der Waals surface area contributed by atoms with Crippen molar-refractivity contribution >= 4 is 40.0 Å². The standard InChI is InChI=1S/C22H30N4O3S2/c1-4-10-26-19(14-7-8-14)24-25-22(26)30-12-17(27)23-20-18(21(28)29-5-2)15-9-6-13(3)11-16(15)31-20/h13-14H,4-12H2,1-3H3,(H,23,27)/t13-/m1/s1. The quantitative estimate of drug-likeness (QED) is 0.431. The molecule has 1 saturated carbocycles. The molecule has 168 valence electrons. The number of rotatable bonds is 9. The zero-order valence-electron chi connectivity index (χ0n) is 18.4. The van der Waals surface area contributed by atoms with Crippen molar-refractivity contribution in [2.45, 2.75) is 76.9 Å². The van der Waals surface area contributed by atoms with Gasteiger partial charge in [-0.15, -0.1) is 21.5 Å². The second kappa shape index (κ2) is 9.73. The molecular weight excluding hydrogens is 432 g/mol. The van der Waals surface area contributed by atoms with Crippen molar-refractivity contribution in [3.8, 4) is 0 Å². The predicted octanol–water partition coefficient (Wildman–Crippen LogP) is 4.66. The number of amides is 1. The lowest BCUT2D eigenvalue weighted by Crippen LogP contribution is -2.18. The number of esters is 1. The van der Waals surface area contributed by atoms with E-state index in [4.69, 9.17) is 4.74 Å². The summed E-state index contributed by atoms with van der Waals surface area (Å²) in [7, 11) is 0. The van der Waals surface area contributed by atoms with E-state index in [1.165, 1.54) is 40.8 Å². The Bertz CT molecular complexity index is 964. The minimum Gasteiger partial charge on any atom is -0.462 e. The minimum absolute atomic E-state index is 0.138. The molecule has 31 heavy (non-hydrogen) atoms. The molecule has 2 aromatic rings. The number of anilines is 1. The molecule has 2 aromatic heterocycles. The van der Waals surface area contributed by atoms with Crippen LogP contribution in [0.4, 0.5) is 5.00 Å². The Morgan fingerprint density at radius 2 is 2.06 bits per heavy atom. The van der Waals surface area contributed by atoms with Gasteiger partial charge in [0.25, 0.3) is 0 Å². The van der Waals surface area contributed by atoms with E-state index in [0.29, 0.717) is 29.0 Å². The van der Waals surface area contributed by atoms with Crippen LogP contribution in [-0.2, 0) is 28.9 Å². The van der Waals surface area contributed by atoms with E-state index < -0.39 is 0 Å². The van der Waals surface area contributed by atoms with Gasteiger partial charge in [-0.3, -0.25) is 4.79 Å². The minimum atomic E-state index is -0.339. The van der Waals surface area contributed by atoms with Crippen molar-refractivity contribution in [3.05, 3.63) is 21.8 Å². The molecule has 1 N–H and O–H groups in total. The monoisotopic (exact) mass is 462 g/mol. The van der Waals surface area contributed by atoms with Crippen molar-refractivity contribution in [2.75, 3.05) is 17.7 Å². The number of nitrogens with one attached hydrogen (secondary N) is 1. The highest BCUT2D eigenvalue weighted by Gasteiger charge is 2.31. The summed E-state index contributed by atoms with van der Waals surface area (Å²) in [6.45, 7) is 7.35. The third kappa shape index (κ3) is 4.98. The van der Waals surface area contributed by atoms with Crippen LogP contribution in [0, 0.1) is 5.92 Å². The van der Waals surface area contributed by atoms with Crippen LogP contribution in [0.1, 0.15) is 79.0 Å². The number of fused-ring (bicyclic) bond motifs is 1. The first-order valence-corrected chi connectivity index (χ1v) is 13.0. The Kier molecular flexibility index (Phi) is 7.01. The lowest BCUT2D eigenvalue weighted by molar-refractivity contribution is -0.113. The molecule has 2 aliphatic carbocycles. The van der Waals surface area contributed by atoms with Crippen molar-refractivity contribution < 1.29 is 14.3 Å². The highest BCUT2D eigenvalue weighted by molar-refractivity contribution is 7.99. The molecule has 0 radical (unpaired) electrons. The van der Waals surface area contributed by atoms with Crippen LogP contribution in [-0.4, -0.2) is 39.0 Å². The van der Waals surface area contributed by atoms with E-state index in [-0.39, 0.29) is 17.6 Å². The van der Waals surface area contributed by atoms with Crippen LogP contribution >= 0.6 is 23.1 Å². The molecule has 7 nitrogen and oxygen atoms in total. The van der Waals surface area contributed by atoms with Crippen LogP contribution in [0.5, 0.6) is 0 Å². The predicted molar refractivity (Wildman–Crippen MR) is 123 cm³/mol. The molecule has 1 atom stereocenters. The SMILES string of the molecule is CCCn1c(SCC(=O)Nc2sc3c(c2C(=O)OCC)CC[C@@H](C)C3)nnc1C1CC1. The lowest BCUT2D eigenvalue weighted by atomic mass is 9.88. The fourth-order valence-corrected chi connectivity index (χ4v) is 6.22. The molecule has 0 bridgehead atoms. The average Bonchev–Trinajstić information content (AvgIpc) is 3.40. The normalized spacial score (nSPS) is 18.0. The van der Waals surface area contributed by atoms with Crippen molar-refractivity contribution in [1.82, 2.24) is 14.8 Å². The third-order valence-corrected chi connectivity index (χ3v) is 7.85. The third-order valence-electron chi connectivity index (χ3n) is 5.71. The topological polar surface area (TPSA) is 86.1 Å². The highest BCUT2D eigenvalue weighted by Crippen LogP contribution is 2.41. The fraction of sp³-hybridized carbons (Fsp3) is 0.636. The summed E-state index contributed by atoms with van der Waals surface area (Å²) in [6, 6.07) is 0. The molecule has 9 heteroatoms. The summed E-state index contributed by atoms with van der Waals surface area (Å²) in [5.74, 6) is 1.92.